The van der Waals surface area contributed by atoms with Crippen molar-refractivity contribution in [2.45, 2.75) is 13.5 Å². The van der Waals surface area contributed by atoms with Gasteiger partial charge in [-0.1, -0.05) is 11.6 Å². The van der Waals surface area contributed by atoms with E-state index < -0.39 is 15.8 Å². The van der Waals surface area contributed by atoms with Crippen molar-refractivity contribution in [1.29, 1.82) is 0 Å². The predicted molar refractivity (Wildman–Crippen MR) is 80.4 cm³/mol. The minimum absolute atomic E-state index is 0.0252. The number of rotatable bonds is 5. The number of amides is 1. The van der Waals surface area contributed by atoms with Crippen molar-refractivity contribution in [2.24, 2.45) is 0 Å². The van der Waals surface area contributed by atoms with Crippen LogP contribution in [0.1, 0.15) is 5.69 Å². The Kier molecular flexibility index (Phi) is 4.55. The minimum atomic E-state index is -0.676. The first-order chi connectivity index (χ1) is 10.8. The third-order valence-corrected chi connectivity index (χ3v) is 3.09. The van der Waals surface area contributed by atoms with Gasteiger partial charge in [-0.25, -0.2) is 0 Å². The molecule has 1 aromatic heterocycles. The number of nitro benzene ring substituents is 1. The first-order valence-corrected chi connectivity index (χ1v) is 6.58. The summed E-state index contributed by atoms with van der Waals surface area (Å²) in [5.74, 6) is -0.618. The van der Waals surface area contributed by atoms with Gasteiger partial charge in [-0.2, -0.15) is 5.10 Å². The van der Waals surface area contributed by atoms with Crippen LogP contribution in [0.4, 0.5) is 17.1 Å². The van der Waals surface area contributed by atoms with E-state index in [1.807, 2.05) is 0 Å². The van der Waals surface area contributed by atoms with Crippen molar-refractivity contribution < 1.29 is 14.6 Å². The maximum atomic E-state index is 11.9. The number of benzene rings is 1. The van der Waals surface area contributed by atoms with E-state index in [2.05, 4.69) is 10.4 Å². The molecule has 0 atom stereocenters. The molecule has 11 heteroatoms. The van der Waals surface area contributed by atoms with Crippen LogP contribution in [0, 0.1) is 27.2 Å². The van der Waals surface area contributed by atoms with Crippen LogP contribution >= 0.6 is 11.6 Å². The summed E-state index contributed by atoms with van der Waals surface area (Å²) in [5, 5.41) is 28.0. The second-order valence-electron chi connectivity index (χ2n) is 4.52. The molecule has 2 rings (SSSR count). The number of aromatic nitrogens is 2. The van der Waals surface area contributed by atoms with Crippen molar-refractivity contribution in [3.05, 3.63) is 55.3 Å². The zero-order chi connectivity index (χ0) is 17.1. The monoisotopic (exact) mass is 339 g/mol. The molecule has 1 heterocycles. The lowest BCUT2D eigenvalue weighted by Crippen LogP contribution is -2.19. The molecule has 1 amide bonds. The topological polar surface area (TPSA) is 133 Å². The highest BCUT2D eigenvalue weighted by Gasteiger charge is 2.19. The average molecular weight is 340 g/mol. The molecule has 0 aliphatic rings. The number of carbonyl (C=O) groups excluding carboxylic acids is 1. The van der Waals surface area contributed by atoms with Crippen molar-refractivity contribution >= 4 is 34.6 Å². The highest BCUT2D eigenvalue weighted by molar-refractivity contribution is 6.31. The van der Waals surface area contributed by atoms with Gasteiger partial charge < -0.3 is 5.32 Å². The van der Waals surface area contributed by atoms with Crippen LogP contribution in [0.2, 0.25) is 5.02 Å². The van der Waals surface area contributed by atoms with E-state index in [1.54, 1.807) is 0 Å². The summed E-state index contributed by atoms with van der Waals surface area (Å²) in [6.07, 6.45) is 1.12. The summed E-state index contributed by atoms with van der Waals surface area (Å²) in [6, 6.07) is 3.81. The van der Waals surface area contributed by atoms with Gasteiger partial charge in [0.25, 0.3) is 5.69 Å². The Hall–Kier alpha value is -3.01. The zero-order valence-electron chi connectivity index (χ0n) is 11.7. The fourth-order valence-corrected chi connectivity index (χ4v) is 2.03. The van der Waals surface area contributed by atoms with E-state index in [9.17, 15) is 25.0 Å². The van der Waals surface area contributed by atoms with Gasteiger partial charge in [0.1, 0.15) is 24.1 Å². The van der Waals surface area contributed by atoms with E-state index in [4.69, 9.17) is 11.6 Å². The highest BCUT2D eigenvalue weighted by atomic mass is 35.5. The Balaban J connectivity index is 2.16. The molecule has 1 aromatic carbocycles. The Morgan fingerprint density at radius 1 is 1.30 bits per heavy atom. The SMILES string of the molecule is Cc1nn(CC(=O)Nc2ccc(Cl)cc2[N+](=O)[O-])cc1[N+](=O)[O-]. The van der Waals surface area contributed by atoms with E-state index >= 15 is 0 Å². The quantitative estimate of drug-likeness (QED) is 0.656. The first kappa shape index (κ1) is 16.4. The molecule has 0 radical (unpaired) electrons. The number of nitrogens with one attached hydrogen (secondary N) is 1. The lowest BCUT2D eigenvalue weighted by molar-refractivity contribution is -0.385. The van der Waals surface area contributed by atoms with Gasteiger partial charge in [-0.15, -0.1) is 0 Å². The third kappa shape index (κ3) is 3.80. The molecule has 0 bridgehead atoms. The van der Waals surface area contributed by atoms with Gasteiger partial charge in [0.05, 0.1) is 9.85 Å². The van der Waals surface area contributed by atoms with Gasteiger partial charge >= 0.3 is 5.69 Å². The molecule has 0 saturated heterocycles. The number of nitro groups is 2. The molecule has 23 heavy (non-hydrogen) atoms. The van der Waals surface area contributed by atoms with Crippen molar-refractivity contribution in [3.8, 4) is 0 Å². The van der Waals surface area contributed by atoms with Crippen molar-refractivity contribution in [1.82, 2.24) is 9.78 Å². The summed E-state index contributed by atoms with van der Waals surface area (Å²) in [4.78, 5) is 32.3. The Bertz CT molecular complexity index is 803. The summed E-state index contributed by atoms with van der Waals surface area (Å²) < 4.78 is 1.09. The zero-order valence-corrected chi connectivity index (χ0v) is 12.5. The fourth-order valence-electron chi connectivity index (χ4n) is 1.87. The normalized spacial score (nSPS) is 10.3. The lowest BCUT2D eigenvalue weighted by Gasteiger charge is -2.06. The molecular formula is C12H10ClN5O5. The van der Waals surface area contributed by atoms with Gasteiger partial charge in [0.2, 0.25) is 5.91 Å². The molecule has 2 aromatic rings. The van der Waals surface area contributed by atoms with Crippen LogP contribution in [0.3, 0.4) is 0 Å². The maximum Gasteiger partial charge on any atom is 0.309 e. The van der Waals surface area contributed by atoms with E-state index in [0.717, 1.165) is 16.9 Å². The molecule has 0 aliphatic heterocycles. The second kappa shape index (κ2) is 6.40. The number of hydrogen-bond donors (Lipinski definition) is 1. The van der Waals surface area contributed by atoms with E-state index in [1.165, 1.54) is 19.1 Å². The lowest BCUT2D eigenvalue weighted by atomic mass is 10.2. The molecule has 10 nitrogen and oxygen atoms in total. The van der Waals surface area contributed by atoms with Crippen molar-refractivity contribution in [3.63, 3.8) is 0 Å². The van der Waals surface area contributed by atoms with Crippen LogP contribution < -0.4 is 5.32 Å². The molecule has 0 aliphatic carbocycles. The summed E-state index contributed by atoms with van der Waals surface area (Å²) in [5.41, 5.74) is -0.424. The van der Waals surface area contributed by atoms with Gasteiger partial charge in [0, 0.05) is 11.1 Å². The Labute approximate surface area is 134 Å². The average Bonchev–Trinajstić information content (AvgIpc) is 2.81. The largest absolute Gasteiger partial charge is 0.319 e. The molecule has 0 saturated carbocycles. The third-order valence-electron chi connectivity index (χ3n) is 2.85. The standard InChI is InChI=1S/C12H10ClN5O5/c1-7-11(18(22)23)5-16(15-7)6-12(19)14-9-3-2-8(13)4-10(9)17(20)21/h2-5H,6H2,1H3,(H,14,19). The smallest absolute Gasteiger partial charge is 0.309 e. The Morgan fingerprint density at radius 3 is 2.52 bits per heavy atom. The number of aryl methyl sites for hydroxylation is 1. The van der Waals surface area contributed by atoms with Crippen LogP contribution in [-0.4, -0.2) is 25.5 Å². The summed E-state index contributed by atoms with van der Waals surface area (Å²) in [7, 11) is 0. The van der Waals surface area contributed by atoms with Gasteiger partial charge in [-0.05, 0) is 19.1 Å². The highest BCUT2D eigenvalue weighted by Crippen LogP contribution is 2.27. The summed E-state index contributed by atoms with van der Waals surface area (Å²) >= 11 is 5.68. The van der Waals surface area contributed by atoms with E-state index in [0.29, 0.717) is 0 Å². The Morgan fingerprint density at radius 2 is 1.96 bits per heavy atom. The van der Waals surface area contributed by atoms with Crippen molar-refractivity contribution in [2.75, 3.05) is 5.32 Å². The fraction of sp³-hybridized carbons (Fsp3) is 0.167. The molecule has 0 fully saturated rings. The minimum Gasteiger partial charge on any atom is -0.319 e. The van der Waals surface area contributed by atoms with Crippen LogP contribution in [0.25, 0.3) is 0 Å². The van der Waals surface area contributed by atoms with E-state index in [-0.39, 0.29) is 34.3 Å². The number of hydrogen-bond acceptors (Lipinski definition) is 6. The number of anilines is 1. The maximum absolute atomic E-state index is 11.9. The second-order valence-corrected chi connectivity index (χ2v) is 4.96. The van der Waals surface area contributed by atoms with Gasteiger partial charge in [0.15, 0.2) is 0 Å². The first-order valence-electron chi connectivity index (χ1n) is 6.20. The number of halogens is 1. The molecular weight excluding hydrogens is 330 g/mol. The number of nitrogens with zero attached hydrogens (tertiary/aromatic N) is 4. The molecule has 1 N–H and O–H groups in total. The molecule has 120 valence electrons. The molecule has 0 unspecified atom stereocenters. The molecule has 0 spiro atoms. The summed E-state index contributed by atoms with van der Waals surface area (Å²) in [6.45, 7) is 1.12. The van der Waals surface area contributed by atoms with Crippen LogP contribution in [0.15, 0.2) is 24.4 Å². The number of carbonyl (C=O) groups is 1. The van der Waals surface area contributed by atoms with Crippen LogP contribution in [-0.2, 0) is 11.3 Å². The van der Waals surface area contributed by atoms with Crippen LogP contribution in [0.5, 0.6) is 0 Å². The van der Waals surface area contributed by atoms with Gasteiger partial charge in [-0.3, -0.25) is 29.7 Å². The predicted octanol–water partition coefficient (Wildman–Crippen LogP) is 2.30.